The maximum absolute atomic E-state index is 8.52. The first-order valence-electron chi connectivity index (χ1n) is 4.18. The van der Waals surface area contributed by atoms with Gasteiger partial charge in [0.25, 0.3) is 0 Å². The highest BCUT2D eigenvalue weighted by molar-refractivity contribution is 6.37. The van der Waals surface area contributed by atoms with Gasteiger partial charge in [0.05, 0.1) is 25.1 Å². The summed E-state index contributed by atoms with van der Waals surface area (Å²) in [6.45, 7) is 0.350. The third-order valence-electron chi connectivity index (χ3n) is 1.51. The van der Waals surface area contributed by atoms with Crippen LogP contribution in [0.25, 0.3) is 0 Å². The number of hydrazone groups is 1. The molecule has 1 aromatic rings. The van der Waals surface area contributed by atoms with E-state index in [9.17, 15) is 0 Å². The van der Waals surface area contributed by atoms with Gasteiger partial charge in [-0.15, -0.1) is 0 Å². The van der Waals surface area contributed by atoms with Crippen molar-refractivity contribution in [3.63, 3.8) is 0 Å². The lowest BCUT2D eigenvalue weighted by Gasteiger charge is -1.96. The van der Waals surface area contributed by atoms with Crippen LogP contribution in [0.5, 0.6) is 0 Å². The van der Waals surface area contributed by atoms with Gasteiger partial charge in [-0.05, 0) is 12.1 Å². The van der Waals surface area contributed by atoms with Crippen LogP contribution in [0.2, 0.25) is 0 Å². The van der Waals surface area contributed by atoms with E-state index in [0.29, 0.717) is 18.0 Å². The van der Waals surface area contributed by atoms with Crippen LogP contribution in [0.15, 0.2) is 34.5 Å². The van der Waals surface area contributed by atoms with Crippen molar-refractivity contribution in [3.05, 3.63) is 30.1 Å². The van der Waals surface area contributed by atoms with Crippen LogP contribution < -0.4 is 5.84 Å². The molecule has 0 unspecified atom stereocenters. The summed E-state index contributed by atoms with van der Waals surface area (Å²) in [4.78, 5) is 7.98. The summed E-state index contributed by atoms with van der Waals surface area (Å²) in [6.07, 6.45) is 3.15. The lowest BCUT2D eigenvalue weighted by atomic mass is 10.2. The first-order valence-corrected chi connectivity index (χ1v) is 4.18. The molecular weight excluding hydrogens is 180 g/mol. The fourth-order valence-corrected chi connectivity index (χ4v) is 0.889. The van der Waals surface area contributed by atoms with E-state index in [2.05, 4.69) is 15.1 Å². The molecule has 0 radical (unpaired) electrons. The minimum atomic E-state index is 0.0105. The Hall–Kier alpha value is -1.75. The Morgan fingerprint density at radius 1 is 1.57 bits per heavy atom. The van der Waals surface area contributed by atoms with Crippen LogP contribution >= 0.6 is 0 Å². The highest BCUT2D eigenvalue weighted by Crippen LogP contribution is 1.94. The second-order valence-corrected chi connectivity index (χ2v) is 2.49. The number of aromatic nitrogens is 1. The minimum absolute atomic E-state index is 0.0105. The summed E-state index contributed by atoms with van der Waals surface area (Å²) < 4.78 is 0. The van der Waals surface area contributed by atoms with Crippen molar-refractivity contribution < 1.29 is 5.11 Å². The van der Waals surface area contributed by atoms with E-state index < -0.39 is 0 Å². The number of aliphatic hydroxyl groups excluding tert-OH is 1. The molecule has 1 rings (SSSR count). The molecular formula is C9H12N4O. The molecule has 0 bridgehead atoms. The average Bonchev–Trinajstić information content (AvgIpc) is 2.26. The maximum Gasteiger partial charge on any atom is 0.126 e. The Morgan fingerprint density at radius 2 is 2.43 bits per heavy atom. The highest BCUT2D eigenvalue weighted by Gasteiger charge is 1.99. The van der Waals surface area contributed by atoms with Crippen LogP contribution in [0.3, 0.4) is 0 Å². The number of nitrogens with two attached hydrogens (primary N) is 1. The molecule has 74 valence electrons. The first kappa shape index (κ1) is 10.3. The Morgan fingerprint density at radius 3 is 3.00 bits per heavy atom. The number of pyridine rings is 1. The van der Waals surface area contributed by atoms with Gasteiger partial charge in [-0.25, -0.2) is 0 Å². The number of aliphatic hydroxyl groups is 1. The average molecular weight is 192 g/mol. The fraction of sp³-hybridized carbons (Fsp3) is 0.222. The molecule has 0 aliphatic heterocycles. The van der Waals surface area contributed by atoms with Gasteiger partial charge in [-0.2, -0.15) is 5.10 Å². The molecule has 1 aromatic heterocycles. The molecule has 0 saturated carbocycles. The van der Waals surface area contributed by atoms with Gasteiger partial charge in [0, 0.05) is 6.20 Å². The summed E-state index contributed by atoms with van der Waals surface area (Å²) in [7, 11) is 0. The Kier molecular flexibility index (Phi) is 4.30. The molecule has 0 spiro atoms. The third-order valence-corrected chi connectivity index (χ3v) is 1.51. The fourth-order valence-electron chi connectivity index (χ4n) is 0.889. The quantitative estimate of drug-likeness (QED) is 0.394. The molecule has 0 aromatic carbocycles. The predicted octanol–water partition coefficient (Wildman–Crippen LogP) is -0.193. The van der Waals surface area contributed by atoms with E-state index in [-0.39, 0.29) is 6.61 Å². The zero-order valence-electron chi connectivity index (χ0n) is 7.67. The Balaban J connectivity index is 2.74. The largest absolute Gasteiger partial charge is 0.394 e. The SMILES string of the molecule is NN=C(C=NCCO)c1ccccn1. The lowest BCUT2D eigenvalue weighted by molar-refractivity contribution is 0.307. The van der Waals surface area contributed by atoms with E-state index in [1.165, 1.54) is 6.21 Å². The third kappa shape index (κ3) is 2.95. The summed E-state index contributed by atoms with van der Waals surface area (Å²) in [5.74, 6) is 5.18. The van der Waals surface area contributed by atoms with E-state index >= 15 is 0 Å². The molecule has 0 saturated heterocycles. The molecule has 1 heterocycles. The standard InChI is InChI=1S/C9H12N4O/c10-13-9(7-11-5-6-14)8-3-1-2-4-12-8/h1-4,7,14H,5-6,10H2. The molecule has 14 heavy (non-hydrogen) atoms. The number of nitrogens with zero attached hydrogens (tertiary/aromatic N) is 3. The monoisotopic (exact) mass is 192 g/mol. The van der Waals surface area contributed by atoms with Crippen molar-refractivity contribution in [1.82, 2.24) is 4.98 Å². The van der Waals surface area contributed by atoms with Crippen molar-refractivity contribution in [3.8, 4) is 0 Å². The van der Waals surface area contributed by atoms with E-state index in [1.54, 1.807) is 12.3 Å². The van der Waals surface area contributed by atoms with Gasteiger partial charge in [0.2, 0.25) is 0 Å². The number of rotatable bonds is 4. The normalized spacial score (nSPS) is 12.2. The Labute approximate surface area is 82.0 Å². The molecule has 5 heteroatoms. The molecule has 0 fully saturated rings. The van der Waals surface area contributed by atoms with E-state index in [1.807, 2.05) is 12.1 Å². The smallest absolute Gasteiger partial charge is 0.126 e. The number of hydrogen-bond donors (Lipinski definition) is 2. The van der Waals surface area contributed by atoms with Crippen LogP contribution in [0.4, 0.5) is 0 Å². The van der Waals surface area contributed by atoms with Crippen molar-refractivity contribution in [2.24, 2.45) is 15.9 Å². The summed E-state index contributed by atoms with van der Waals surface area (Å²) in [6, 6.07) is 5.44. The first-order chi connectivity index (χ1) is 6.88. The molecule has 0 atom stereocenters. The molecule has 0 aliphatic carbocycles. The van der Waals surface area contributed by atoms with Gasteiger partial charge in [-0.1, -0.05) is 6.07 Å². The van der Waals surface area contributed by atoms with Crippen molar-refractivity contribution >= 4 is 11.9 Å². The van der Waals surface area contributed by atoms with Gasteiger partial charge in [0.1, 0.15) is 5.71 Å². The van der Waals surface area contributed by atoms with Crippen LogP contribution in [-0.4, -0.2) is 35.2 Å². The maximum atomic E-state index is 8.52. The summed E-state index contributed by atoms with van der Waals surface area (Å²) in [5.41, 5.74) is 1.16. The van der Waals surface area contributed by atoms with Crippen molar-refractivity contribution in [1.29, 1.82) is 0 Å². The molecule has 0 aliphatic rings. The van der Waals surface area contributed by atoms with Gasteiger partial charge < -0.3 is 10.9 Å². The zero-order chi connectivity index (χ0) is 10.2. The van der Waals surface area contributed by atoms with Crippen molar-refractivity contribution in [2.45, 2.75) is 0 Å². The summed E-state index contributed by atoms with van der Waals surface area (Å²) >= 11 is 0. The Bertz CT molecular complexity index is 321. The topological polar surface area (TPSA) is 83.9 Å². The predicted molar refractivity (Wildman–Crippen MR) is 55.4 cm³/mol. The van der Waals surface area contributed by atoms with E-state index in [0.717, 1.165) is 0 Å². The number of hydrogen-bond acceptors (Lipinski definition) is 5. The van der Waals surface area contributed by atoms with E-state index in [4.69, 9.17) is 10.9 Å². The lowest BCUT2D eigenvalue weighted by Crippen LogP contribution is -2.08. The van der Waals surface area contributed by atoms with Gasteiger partial charge in [-0.3, -0.25) is 9.98 Å². The zero-order valence-corrected chi connectivity index (χ0v) is 7.67. The molecule has 5 nitrogen and oxygen atoms in total. The van der Waals surface area contributed by atoms with Gasteiger partial charge >= 0.3 is 0 Å². The summed E-state index contributed by atoms with van der Waals surface area (Å²) in [5, 5.41) is 12.1. The second-order valence-electron chi connectivity index (χ2n) is 2.49. The second kappa shape index (κ2) is 5.82. The van der Waals surface area contributed by atoms with Crippen molar-refractivity contribution in [2.75, 3.05) is 13.2 Å². The van der Waals surface area contributed by atoms with Crippen LogP contribution in [0.1, 0.15) is 5.69 Å². The molecule has 3 N–H and O–H groups in total. The molecule has 0 amide bonds. The highest BCUT2D eigenvalue weighted by atomic mass is 16.3. The number of aliphatic imine (C=N–C) groups is 1. The van der Waals surface area contributed by atoms with Crippen LogP contribution in [-0.2, 0) is 0 Å². The van der Waals surface area contributed by atoms with Gasteiger partial charge in [0.15, 0.2) is 0 Å². The van der Waals surface area contributed by atoms with Crippen LogP contribution in [0, 0.1) is 0 Å². The minimum Gasteiger partial charge on any atom is -0.394 e.